The predicted molar refractivity (Wildman–Crippen MR) is 521 cm³/mol. The van der Waals surface area contributed by atoms with E-state index in [2.05, 4.69) is 58.1 Å². The van der Waals surface area contributed by atoms with Crippen LogP contribution in [0.15, 0.2) is 268 Å². The van der Waals surface area contributed by atoms with E-state index in [9.17, 15) is 45.9 Å². The van der Waals surface area contributed by atoms with Crippen molar-refractivity contribution in [2.75, 3.05) is 64.3 Å². The maximum absolute atomic E-state index is 13.2. The number of halogens is 9. The molecule has 0 spiro atoms. The lowest BCUT2D eigenvalue weighted by Crippen LogP contribution is -2.42. The van der Waals surface area contributed by atoms with E-state index in [1.807, 2.05) is 85.8 Å². The summed E-state index contributed by atoms with van der Waals surface area (Å²) < 4.78 is 80.1. The third kappa shape index (κ3) is 23.4. The van der Waals surface area contributed by atoms with Gasteiger partial charge in [-0.25, -0.2) is 69.3 Å². The number of amides is 10. The standard InChI is InChI=1S/C21H21FN4O2.C21H21FN4O.2C20H17Cl2FN4O.C20H19FN4O/c1-28-18-5-2-4-15(12-18)13-23-21(27)25-11-3-6-19-20(25)14-24-26(19)17-9-7-16(22)8-10-17;1-15-4-2-5-16(12-15)13-23-21(27)25-11-3-6-19-20(25)14-24-26(19)18-9-7-17(22)8-10-18;21-16-8-3-13(10-17(16)22)11-24-20(28)26-9-1-2-18-19(26)12-25-27(18)15-6-4-14(23)5-7-15;21-14-4-3-13(17(22)10-14)11-24-20(28)26-9-1-2-18-19(26)12-25-27(18)16-7-5-15(23)6-8-16;21-16-8-10-17(11-9-16)25-18-7-4-12-24(19(18)14-23-25)20(26)22-13-15-5-2-1-3-6-15/h2,4-5,7-10,12,14H,3,6,11,13H2,1H3,(H,23,27);2,4-5,7-10,12,14H,3,6,11,13H2,1H3,(H,23,27);2*3-8,10,12H,1-2,9,11H2,(H,24,28);1-3,5-6,8-11,14H,4,7,12-13H2,(H,22,26). The summed E-state index contributed by atoms with van der Waals surface area (Å²) in [6, 6.07) is 66.0. The molecule has 0 bridgehead atoms. The molecule has 137 heavy (non-hydrogen) atoms. The number of fused-ring (bicyclic) bond motifs is 5. The first-order valence-electron chi connectivity index (χ1n) is 44.6. The van der Waals surface area contributed by atoms with E-state index in [4.69, 9.17) is 51.1 Å². The molecule has 10 heterocycles. The van der Waals surface area contributed by atoms with Crippen LogP contribution in [0.25, 0.3) is 28.4 Å². The summed E-state index contributed by atoms with van der Waals surface area (Å²) in [4.78, 5) is 72.2. The van der Waals surface area contributed by atoms with Crippen LogP contribution in [0.1, 0.15) is 94.0 Å². The molecule has 702 valence electrons. The van der Waals surface area contributed by atoms with E-state index in [1.165, 1.54) is 66.2 Å². The van der Waals surface area contributed by atoms with Crippen molar-refractivity contribution in [3.63, 3.8) is 0 Å². The highest BCUT2D eigenvalue weighted by Crippen LogP contribution is 2.37. The number of anilines is 5. The molecule has 0 atom stereocenters. The van der Waals surface area contributed by atoms with Crippen molar-refractivity contribution in [3.05, 3.63) is 379 Å². The minimum atomic E-state index is -0.299. The number of aromatic nitrogens is 10. The van der Waals surface area contributed by atoms with Gasteiger partial charge in [0.2, 0.25) is 0 Å². The largest absolute Gasteiger partial charge is 0.497 e. The predicted octanol–water partition coefficient (Wildman–Crippen LogP) is 21.3. The zero-order valence-corrected chi connectivity index (χ0v) is 77.6. The van der Waals surface area contributed by atoms with Gasteiger partial charge in [-0.15, -0.1) is 0 Å². The minimum absolute atomic E-state index is 0.129. The van der Waals surface area contributed by atoms with E-state index in [0.29, 0.717) is 85.5 Å². The third-order valence-electron chi connectivity index (χ3n) is 23.5. The quantitative estimate of drug-likeness (QED) is 0.0568. The van der Waals surface area contributed by atoms with Gasteiger partial charge in [0, 0.05) is 75.5 Å². The molecule has 5 aromatic heterocycles. The molecule has 5 N–H and O–H groups in total. The zero-order valence-electron chi connectivity index (χ0n) is 74.6. The number of hydrogen-bond donors (Lipinski definition) is 5. The molecule has 5 aliphatic heterocycles. The van der Waals surface area contributed by atoms with Crippen molar-refractivity contribution >= 4 is 105 Å². The number of methoxy groups -OCH3 is 1. The van der Waals surface area contributed by atoms with Crippen molar-refractivity contribution in [2.24, 2.45) is 0 Å². The topological polar surface area (TPSA) is 260 Å². The number of nitrogens with one attached hydrogen (secondary N) is 5. The van der Waals surface area contributed by atoms with Crippen LogP contribution < -0.4 is 55.8 Å². The fourth-order valence-electron chi connectivity index (χ4n) is 16.7. The van der Waals surface area contributed by atoms with Crippen molar-refractivity contribution in [3.8, 4) is 34.2 Å². The van der Waals surface area contributed by atoms with Gasteiger partial charge in [0.05, 0.1) is 133 Å². The molecule has 26 nitrogen and oxygen atoms in total. The Morgan fingerprint density at radius 3 is 0.920 bits per heavy atom. The van der Waals surface area contributed by atoms with Gasteiger partial charge >= 0.3 is 30.2 Å². The number of aryl methyl sites for hydroxylation is 1. The van der Waals surface area contributed by atoms with Gasteiger partial charge in [-0.05, 0) is 257 Å². The van der Waals surface area contributed by atoms with Gasteiger partial charge in [0.25, 0.3) is 0 Å². The average molecular weight is 1930 g/mol. The summed E-state index contributed by atoms with van der Waals surface area (Å²) >= 11 is 24.0. The summed E-state index contributed by atoms with van der Waals surface area (Å²) in [6.45, 7) is 7.20. The van der Waals surface area contributed by atoms with E-state index >= 15 is 0 Å². The Hall–Kier alpha value is -14.8. The van der Waals surface area contributed by atoms with Crippen molar-refractivity contribution < 1.29 is 50.7 Å². The number of carbonyl (C=O) groups excluding carboxylic acids is 5. The highest BCUT2D eigenvalue weighted by Gasteiger charge is 2.33. The number of nitrogens with zero attached hydrogens (tertiary/aromatic N) is 15. The number of urea groups is 5. The second-order valence-corrected chi connectivity index (χ2v) is 34.4. The van der Waals surface area contributed by atoms with Crippen LogP contribution in [0, 0.1) is 36.0 Å². The van der Waals surface area contributed by atoms with Crippen LogP contribution in [-0.4, -0.2) is 119 Å². The molecule has 15 aromatic rings. The highest BCUT2D eigenvalue weighted by atomic mass is 35.5. The van der Waals surface area contributed by atoms with Crippen molar-refractivity contribution in [1.82, 2.24) is 75.5 Å². The lowest BCUT2D eigenvalue weighted by molar-refractivity contribution is 0.244. The fraction of sp³-hybridized carbons (Fsp3) is 0.216. The molecule has 0 saturated carbocycles. The fourth-order valence-corrected chi connectivity index (χ4v) is 17.5. The van der Waals surface area contributed by atoms with Crippen LogP contribution in [-0.2, 0) is 64.8 Å². The molecule has 0 fully saturated rings. The second-order valence-electron chi connectivity index (χ2n) is 32.7. The van der Waals surface area contributed by atoms with E-state index < -0.39 is 0 Å². The summed E-state index contributed by atoms with van der Waals surface area (Å²) in [5.41, 5.74) is 18.5. The summed E-state index contributed by atoms with van der Waals surface area (Å²) in [7, 11) is 1.62. The molecule has 0 radical (unpaired) electrons. The first-order valence-corrected chi connectivity index (χ1v) is 46.1. The number of hydrogen-bond acceptors (Lipinski definition) is 11. The van der Waals surface area contributed by atoms with E-state index in [1.54, 1.807) is 177 Å². The van der Waals surface area contributed by atoms with Crippen LogP contribution >= 0.6 is 46.4 Å². The van der Waals surface area contributed by atoms with Crippen LogP contribution in [0.5, 0.6) is 5.75 Å². The number of rotatable bonds is 16. The monoisotopic (exact) mass is 1930 g/mol. The first-order chi connectivity index (χ1) is 66.5. The summed E-state index contributed by atoms with van der Waals surface area (Å²) in [5, 5.41) is 38.8. The molecule has 20 rings (SSSR count). The minimum Gasteiger partial charge on any atom is -0.497 e. The lowest BCUT2D eigenvalue weighted by Gasteiger charge is -2.27. The second kappa shape index (κ2) is 44.6. The molecule has 0 aliphatic carbocycles. The smallest absolute Gasteiger partial charge is 0.322 e. The Labute approximate surface area is 807 Å². The van der Waals surface area contributed by atoms with Crippen molar-refractivity contribution in [1.29, 1.82) is 0 Å². The molecule has 0 saturated heterocycles. The zero-order chi connectivity index (χ0) is 95.6. The van der Waals surface area contributed by atoms with Gasteiger partial charge < -0.3 is 31.3 Å². The van der Waals surface area contributed by atoms with Crippen LogP contribution in [0.4, 0.5) is 74.4 Å². The SMILES string of the molecule is COc1cccc(CNC(=O)N2CCCc3c2cnn3-c2ccc(F)cc2)c1.Cc1cccc(CNC(=O)N2CCCc3c2cnn3-c2ccc(F)cc2)c1.O=C(NCc1ccc(Cl)c(Cl)c1)N1CCCc2c1cnn2-c1ccc(F)cc1.O=C(NCc1ccc(Cl)cc1Cl)N1CCCc2c1cnn2-c1ccc(F)cc1.O=C(NCc1ccccc1)N1CCCc2c1cnn2-c1ccc(F)cc1. The highest BCUT2D eigenvalue weighted by molar-refractivity contribution is 6.42. The van der Waals surface area contributed by atoms with Gasteiger partial charge in [0.15, 0.2) is 0 Å². The third-order valence-corrected chi connectivity index (χ3v) is 24.8. The number of ether oxygens (including phenoxy) is 1. The van der Waals surface area contributed by atoms with Crippen molar-refractivity contribution in [2.45, 2.75) is 104 Å². The van der Waals surface area contributed by atoms with E-state index in [0.717, 1.165) is 183 Å². The molecule has 10 aromatic carbocycles. The van der Waals surface area contributed by atoms with E-state index in [-0.39, 0.29) is 59.2 Å². The van der Waals surface area contributed by atoms with Gasteiger partial charge in [0.1, 0.15) is 34.8 Å². The van der Waals surface area contributed by atoms with Crippen LogP contribution in [0.3, 0.4) is 0 Å². The molecule has 0 unspecified atom stereocenters. The Balaban J connectivity index is 0.000000124. The average Bonchev–Trinajstić information content (AvgIpc) is 1.67. The molecular formula is C102H95Cl4F5N20O6. The first kappa shape index (κ1) is 95.4. The number of carbonyl (C=O) groups is 5. The van der Waals surface area contributed by atoms with Gasteiger partial charge in [-0.1, -0.05) is 131 Å². The number of benzene rings is 10. The Bertz CT molecular complexity index is 6770. The van der Waals surface area contributed by atoms with Gasteiger partial charge in [-0.3, -0.25) is 24.5 Å². The Kier molecular flexibility index (Phi) is 31.0. The summed E-state index contributed by atoms with van der Waals surface area (Å²) in [6.07, 6.45) is 16.7. The Morgan fingerprint density at radius 2 is 0.606 bits per heavy atom. The Morgan fingerprint density at radius 1 is 0.307 bits per heavy atom. The maximum atomic E-state index is 13.2. The molecule has 5 aliphatic rings. The van der Waals surface area contributed by atoms with Crippen LogP contribution in [0.2, 0.25) is 20.1 Å². The molecule has 35 heteroatoms. The summed E-state index contributed by atoms with van der Waals surface area (Å²) in [5.74, 6) is -0.691. The maximum Gasteiger partial charge on any atom is 0.322 e. The lowest BCUT2D eigenvalue weighted by atomic mass is 10.1. The molecule has 10 amide bonds. The molecular weight excluding hydrogens is 1840 g/mol. The normalized spacial score (nSPS) is 13.3. The van der Waals surface area contributed by atoms with Gasteiger partial charge in [-0.2, -0.15) is 25.5 Å².